The maximum absolute atomic E-state index is 5.60. The SMILES string of the molecule is CCCCOCCCNC1CCC2(CCCC2)CC1. The van der Waals surface area contributed by atoms with Gasteiger partial charge in [-0.2, -0.15) is 0 Å². The quantitative estimate of drug-likeness (QED) is 0.663. The van der Waals surface area contributed by atoms with Gasteiger partial charge >= 0.3 is 0 Å². The van der Waals surface area contributed by atoms with Crippen LogP contribution in [-0.2, 0) is 4.74 Å². The Balaban J connectivity index is 1.47. The third-order valence-electron chi connectivity index (χ3n) is 5.25. The summed E-state index contributed by atoms with van der Waals surface area (Å²) in [4.78, 5) is 0. The average molecular weight is 267 g/mol. The zero-order valence-electron chi connectivity index (χ0n) is 12.9. The molecule has 0 aliphatic heterocycles. The molecule has 2 nitrogen and oxygen atoms in total. The largest absolute Gasteiger partial charge is 0.381 e. The van der Waals surface area contributed by atoms with E-state index < -0.39 is 0 Å². The predicted molar refractivity (Wildman–Crippen MR) is 81.5 cm³/mol. The summed E-state index contributed by atoms with van der Waals surface area (Å²) < 4.78 is 5.60. The Hall–Kier alpha value is -0.0800. The van der Waals surface area contributed by atoms with Gasteiger partial charge in [0.25, 0.3) is 0 Å². The highest BCUT2D eigenvalue weighted by atomic mass is 16.5. The number of nitrogens with one attached hydrogen (secondary N) is 1. The van der Waals surface area contributed by atoms with Gasteiger partial charge in [-0.3, -0.25) is 0 Å². The Morgan fingerprint density at radius 3 is 2.37 bits per heavy atom. The van der Waals surface area contributed by atoms with Crippen molar-refractivity contribution in [2.24, 2.45) is 5.41 Å². The van der Waals surface area contributed by atoms with E-state index in [9.17, 15) is 0 Å². The number of hydrogen-bond donors (Lipinski definition) is 1. The lowest BCUT2D eigenvalue weighted by molar-refractivity contribution is 0.125. The first-order chi connectivity index (χ1) is 9.35. The van der Waals surface area contributed by atoms with Gasteiger partial charge in [-0.15, -0.1) is 0 Å². The molecule has 19 heavy (non-hydrogen) atoms. The lowest BCUT2D eigenvalue weighted by Gasteiger charge is -2.37. The van der Waals surface area contributed by atoms with Gasteiger partial charge in [0, 0.05) is 19.3 Å². The van der Waals surface area contributed by atoms with Crippen molar-refractivity contribution in [3.05, 3.63) is 0 Å². The van der Waals surface area contributed by atoms with Crippen LogP contribution in [0, 0.1) is 5.41 Å². The van der Waals surface area contributed by atoms with Crippen molar-refractivity contribution in [2.75, 3.05) is 19.8 Å². The van der Waals surface area contributed by atoms with Gasteiger partial charge in [0.2, 0.25) is 0 Å². The van der Waals surface area contributed by atoms with Gasteiger partial charge in [-0.25, -0.2) is 0 Å². The molecular weight excluding hydrogens is 234 g/mol. The van der Waals surface area contributed by atoms with Gasteiger partial charge in [0.15, 0.2) is 0 Å². The maximum atomic E-state index is 5.60. The van der Waals surface area contributed by atoms with Crippen molar-refractivity contribution in [3.63, 3.8) is 0 Å². The minimum Gasteiger partial charge on any atom is -0.381 e. The molecule has 0 aromatic rings. The molecule has 0 radical (unpaired) electrons. The van der Waals surface area contributed by atoms with E-state index in [1.54, 1.807) is 0 Å². The number of ether oxygens (including phenoxy) is 1. The van der Waals surface area contributed by atoms with Gasteiger partial charge in [0.05, 0.1) is 0 Å². The van der Waals surface area contributed by atoms with Crippen LogP contribution >= 0.6 is 0 Å². The van der Waals surface area contributed by atoms with E-state index in [4.69, 9.17) is 4.74 Å². The molecule has 2 fully saturated rings. The molecule has 0 heterocycles. The molecule has 0 saturated heterocycles. The van der Waals surface area contributed by atoms with E-state index in [0.29, 0.717) is 0 Å². The Kier molecular flexibility index (Phi) is 6.66. The van der Waals surface area contributed by atoms with E-state index >= 15 is 0 Å². The van der Waals surface area contributed by atoms with Crippen LogP contribution in [-0.4, -0.2) is 25.8 Å². The van der Waals surface area contributed by atoms with E-state index in [1.807, 2.05) is 0 Å². The summed E-state index contributed by atoms with van der Waals surface area (Å²) in [5.41, 5.74) is 0.779. The van der Waals surface area contributed by atoms with Crippen LogP contribution in [0.4, 0.5) is 0 Å². The minimum atomic E-state index is 0.779. The molecule has 2 aliphatic carbocycles. The van der Waals surface area contributed by atoms with Crippen molar-refractivity contribution >= 4 is 0 Å². The first-order valence-electron chi connectivity index (χ1n) is 8.66. The second-order valence-electron chi connectivity index (χ2n) is 6.75. The van der Waals surface area contributed by atoms with Crippen molar-refractivity contribution in [1.29, 1.82) is 0 Å². The van der Waals surface area contributed by atoms with Crippen LogP contribution in [0.1, 0.15) is 77.6 Å². The fraction of sp³-hybridized carbons (Fsp3) is 1.00. The fourth-order valence-corrected chi connectivity index (χ4v) is 3.89. The molecule has 1 spiro atoms. The topological polar surface area (TPSA) is 21.3 Å². The Labute approximate surface area is 119 Å². The van der Waals surface area contributed by atoms with Crippen LogP contribution in [0.25, 0.3) is 0 Å². The summed E-state index contributed by atoms with van der Waals surface area (Å²) in [6.07, 6.45) is 15.4. The van der Waals surface area contributed by atoms with E-state index in [2.05, 4.69) is 12.2 Å². The lowest BCUT2D eigenvalue weighted by atomic mass is 9.71. The third-order valence-corrected chi connectivity index (χ3v) is 5.25. The first-order valence-corrected chi connectivity index (χ1v) is 8.66. The first kappa shape index (κ1) is 15.3. The van der Waals surface area contributed by atoms with Gasteiger partial charge in [-0.1, -0.05) is 26.2 Å². The fourth-order valence-electron chi connectivity index (χ4n) is 3.89. The Morgan fingerprint density at radius 1 is 1.00 bits per heavy atom. The van der Waals surface area contributed by atoms with Gasteiger partial charge < -0.3 is 10.1 Å². The standard InChI is InChI=1S/C17H33NO/c1-2-3-14-19-15-6-13-18-16-7-11-17(12-8-16)9-4-5-10-17/h16,18H,2-15H2,1H3. The maximum Gasteiger partial charge on any atom is 0.0478 e. The number of unbranched alkanes of at least 4 members (excludes halogenated alkanes) is 1. The smallest absolute Gasteiger partial charge is 0.0478 e. The molecule has 0 aromatic heterocycles. The van der Waals surface area contributed by atoms with Gasteiger partial charge in [-0.05, 0) is 63.3 Å². The minimum absolute atomic E-state index is 0.779. The molecular formula is C17H33NO. The third kappa shape index (κ3) is 5.07. The summed E-state index contributed by atoms with van der Waals surface area (Å²) >= 11 is 0. The van der Waals surface area contributed by atoms with Gasteiger partial charge in [0.1, 0.15) is 0 Å². The molecule has 1 N–H and O–H groups in total. The van der Waals surface area contributed by atoms with E-state index in [0.717, 1.165) is 31.2 Å². The monoisotopic (exact) mass is 267 g/mol. The highest BCUT2D eigenvalue weighted by Gasteiger charge is 2.37. The number of hydrogen-bond acceptors (Lipinski definition) is 2. The summed E-state index contributed by atoms with van der Waals surface area (Å²) in [5, 5.41) is 3.74. The molecule has 2 rings (SSSR count). The van der Waals surface area contributed by atoms with E-state index in [-0.39, 0.29) is 0 Å². The van der Waals surface area contributed by atoms with Crippen molar-refractivity contribution < 1.29 is 4.74 Å². The summed E-state index contributed by atoms with van der Waals surface area (Å²) in [6, 6.07) is 0.793. The molecule has 0 atom stereocenters. The summed E-state index contributed by atoms with van der Waals surface area (Å²) in [5.74, 6) is 0. The zero-order chi connectivity index (χ0) is 13.4. The van der Waals surface area contributed by atoms with Crippen LogP contribution in [0.3, 0.4) is 0 Å². The number of rotatable bonds is 8. The van der Waals surface area contributed by atoms with E-state index in [1.165, 1.54) is 70.6 Å². The van der Waals surface area contributed by atoms with Crippen LogP contribution in [0.5, 0.6) is 0 Å². The Bertz CT molecular complexity index is 225. The molecule has 0 bridgehead atoms. The average Bonchev–Trinajstić information content (AvgIpc) is 2.89. The second kappa shape index (κ2) is 8.26. The highest BCUT2D eigenvalue weighted by Crippen LogP contribution is 2.48. The molecule has 2 heteroatoms. The van der Waals surface area contributed by atoms with Crippen LogP contribution < -0.4 is 5.32 Å². The lowest BCUT2D eigenvalue weighted by Crippen LogP contribution is -2.37. The van der Waals surface area contributed by atoms with Crippen molar-refractivity contribution in [1.82, 2.24) is 5.32 Å². The molecule has 0 aromatic carbocycles. The van der Waals surface area contributed by atoms with Crippen molar-refractivity contribution in [3.8, 4) is 0 Å². The molecule has 0 amide bonds. The Morgan fingerprint density at radius 2 is 1.68 bits per heavy atom. The van der Waals surface area contributed by atoms with Crippen LogP contribution in [0.15, 0.2) is 0 Å². The second-order valence-corrected chi connectivity index (χ2v) is 6.75. The van der Waals surface area contributed by atoms with Crippen LogP contribution in [0.2, 0.25) is 0 Å². The predicted octanol–water partition coefficient (Wildman–Crippen LogP) is 4.29. The highest BCUT2D eigenvalue weighted by molar-refractivity contribution is 4.91. The summed E-state index contributed by atoms with van der Waals surface area (Å²) in [7, 11) is 0. The molecule has 2 saturated carbocycles. The van der Waals surface area contributed by atoms with Crippen molar-refractivity contribution in [2.45, 2.75) is 83.6 Å². The zero-order valence-corrected chi connectivity index (χ0v) is 12.9. The molecule has 112 valence electrons. The molecule has 2 aliphatic rings. The summed E-state index contributed by atoms with van der Waals surface area (Å²) in [6.45, 7) is 5.24. The molecule has 0 unspecified atom stereocenters. The normalized spacial score (nSPS) is 23.2.